The van der Waals surface area contributed by atoms with E-state index in [0.717, 1.165) is 61.0 Å². The minimum Gasteiger partial charge on any atom is -0.461 e. The molecule has 3 fully saturated rings. The maximum absolute atomic E-state index is 14.3. The first kappa shape index (κ1) is 24.0. The van der Waals surface area contributed by atoms with Gasteiger partial charge in [0.05, 0.1) is 36.5 Å². The number of nitrogens with zero attached hydrogens (tertiary/aromatic N) is 5. The van der Waals surface area contributed by atoms with Crippen LogP contribution >= 0.6 is 0 Å². The van der Waals surface area contributed by atoms with Gasteiger partial charge >= 0.3 is 6.01 Å². The molecule has 1 spiro atoms. The van der Waals surface area contributed by atoms with Crippen molar-refractivity contribution in [3.8, 4) is 12.1 Å². The Morgan fingerprint density at radius 2 is 2.03 bits per heavy atom. The summed E-state index contributed by atoms with van der Waals surface area (Å²) in [5.74, 6) is 0.647. The Hall–Kier alpha value is -3.03. The highest BCUT2D eigenvalue weighted by atomic mass is 19.1. The van der Waals surface area contributed by atoms with Crippen molar-refractivity contribution < 1.29 is 18.3 Å². The molecule has 5 aliphatic rings. The fourth-order valence-corrected chi connectivity index (χ4v) is 7.41. The first-order chi connectivity index (χ1) is 18.4. The van der Waals surface area contributed by atoms with Crippen LogP contribution in [-0.4, -0.2) is 65.5 Å². The molecule has 8 nitrogen and oxygen atoms in total. The van der Waals surface area contributed by atoms with Gasteiger partial charge in [0, 0.05) is 36.2 Å². The van der Waals surface area contributed by atoms with E-state index in [1.807, 2.05) is 11.0 Å². The standard InChI is InChI=1S/C28H32F2N6O2/c29-18-9-27(6-2-8-36(27)14-18)16-37-26-33-23-10-28(38-15-21(23)25(34-26)35-12-19(30)13-35)7-1-3-17-4-5-22(32)20(11-31)24(17)28/h4-5,18-19H,1-3,6-10,12-16,32H2. The second-order valence-electron chi connectivity index (χ2n) is 11.6. The summed E-state index contributed by atoms with van der Waals surface area (Å²) < 4.78 is 41.0. The molecule has 7 rings (SSSR count). The Balaban J connectivity index is 1.25. The van der Waals surface area contributed by atoms with Crippen LogP contribution in [0.25, 0.3) is 0 Å². The largest absolute Gasteiger partial charge is 0.461 e. The Bertz CT molecular complexity index is 1330. The number of hydrogen-bond donors (Lipinski definition) is 1. The van der Waals surface area contributed by atoms with Gasteiger partial charge in [0.25, 0.3) is 0 Å². The third kappa shape index (κ3) is 3.66. The predicted molar refractivity (Wildman–Crippen MR) is 136 cm³/mol. The van der Waals surface area contributed by atoms with Gasteiger partial charge in [0.15, 0.2) is 0 Å². The maximum atomic E-state index is 14.3. The molecule has 2 aromatic rings. The quantitative estimate of drug-likeness (QED) is 0.611. The van der Waals surface area contributed by atoms with Crippen LogP contribution in [-0.2, 0) is 29.8 Å². The Morgan fingerprint density at radius 1 is 1.16 bits per heavy atom. The molecule has 1 aromatic carbocycles. The van der Waals surface area contributed by atoms with Crippen LogP contribution in [0, 0.1) is 11.3 Å². The summed E-state index contributed by atoms with van der Waals surface area (Å²) in [6, 6.07) is 6.35. The minimum absolute atomic E-state index is 0.241. The second kappa shape index (κ2) is 8.75. The van der Waals surface area contributed by atoms with Gasteiger partial charge in [-0.2, -0.15) is 15.2 Å². The molecule has 10 heteroatoms. The van der Waals surface area contributed by atoms with Crippen LogP contribution in [0.2, 0.25) is 0 Å². The number of nitriles is 1. The van der Waals surface area contributed by atoms with Gasteiger partial charge in [-0.3, -0.25) is 4.90 Å². The Labute approximate surface area is 220 Å². The van der Waals surface area contributed by atoms with E-state index in [1.54, 1.807) is 6.07 Å². The van der Waals surface area contributed by atoms with Gasteiger partial charge in [-0.15, -0.1) is 0 Å². The van der Waals surface area contributed by atoms with E-state index < -0.39 is 17.9 Å². The van der Waals surface area contributed by atoms with Crippen LogP contribution in [0.5, 0.6) is 6.01 Å². The number of benzene rings is 1. The third-order valence-corrected chi connectivity index (χ3v) is 9.28. The summed E-state index contributed by atoms with van der Waals surface area (Å²) in [4.78, 5) is 13.7. The summed E-state index contributed by atoms with van der Waals surface area (Å²) >= 11 is 0. The van der Waals surface area contributed by atoms with Gasteiger partial charge in [-0.1, -0.05) is 6.07 Å². The lowest BCUT2D eigenvalue weighted by Crippen LogP contribution is -2.50. The number of aryl methyl sites for hydroxylation is 1. The molecule has 5 heterocycles. The maximum Gasteiger partial charge on any atom is 0.318 e. The average molecular weight is 523 g/mol. The molecule has 200 valence electrons. The normalized spacial score (nSPS) is 30.4. The van der Waals surface area contributed by atoms with E-state index in [4.69, 9.17) is 25.2 Å². The van der Waals surface area contributed by atoms with E-state index in [9.17, 15) is 14.0 Å². The second-order valence-corrected chi connectivity index (χ2v) is 11.6. The van der Waals surface area contributed by atoms with Gasteiger partial charge in [-0.05, 0) is 50.3 Å². The molecule has 0 radical (unpaired) electrons. The van der Waals surface area contributed by atoms with Crippen molar-refractivity contribution in [2.75, 3.05) is 43.4 Å². The summed E-state index contributed by atoms with van der Waals surface area (Å²) in [5, 5.41) is 9.97. The van der Waals surface area contributed by atoms with Crippen LogP contribution in [0.1, 0.15) is 60.1 Å². The van der Waals surface area contributed by atoms with Crippen molar-refractivity contribution in [1.29, 1.82) is 5.26 Å². The zero-order chi connectivity index (χ0) is 26.1. The average Bonchev–Trinajstić information content (AvgIpc) is 3.41. The van der Waals surface area contributed by atoms with Crippen LogP contribution in [0.3, 0.4) is 0 Å². The Morgan fingerprint density at radius 3 is 2.84 bits per heavy atom. The predicted octanol–water partition coefficient (Wildman–Crippen LogP) is 3.35. The van der Waals surface area contributed by atoms with Crippen molar-refractivity contribution in [3.05, 3.63) is 40.1 Å². The molecule has 0 bridgehead atoms. The molecule has 4 aliphatic heterocycles. The molecule has 1 aliphatic carbocycles. The number of hydrogen-bond acceptors (Lipinski definition) is 8. The molecular formula is C28H32F2N6O2. The minimum atomic E-state index is -0.891. The van der Waals surface area contributed by atoms with E-state index in [-0.39, 0.29) is 31.2 Å². The summed E-state index contributed by atoms with van der Waals surface area (Å²) in [6.07, 6.45) is 3.66. The van der Waals surface area contributed by atoms with E-state index in [1.165, 1.54) is 0 Å². The van der Waals surface area contributed by atoms with Crippen molar-refractivity contribution in [2.24, 2.45) is 0 Å². The monoisotopic (exact) mass is 522 g/mol. The number of halogens is 2. The SMILES string of the molecule is N#Cc1c(N)ccc2c1C1(CCC2)Cc2nc(OCC34CCCN3CC(F)C4)nc(N3CC(F)C3)c2CO1. The van der Waals surface area contributed by atoms with Crippen molar-refractivity contribution in [2.45, 2.75) is 75.0 Å². The first-order valence-electron chi connectivity index (χ1n) is 13.7. The fraction of sp³-hybridized carbons (Fsp3) is 0.607. The molecule has 38 heavy (non-hydrogen) atoms. The topological polar surface area (TPSA) is 101 Å². The number of nitrogen functional groups attached to an aromatic ring is 1. The lowest BCUT2D eigenvalue weighted by atomic mass is 9.72. The smallest absolute Gasteiger partial charge is 0.318 e. The van der Waals surface area contributed by atoms with Gasteiger partial charge in [-0.25, -0.2) is 8.78 Å². The summed E-state index contributed by atoms with van der Waals surface area (Å²) in [6.45, 7) is 2.47. The van der Waals surface area contributed by atoms with Crippen molar-refractivity contribution >= 4 is 11.5 Å². The molecule has 3 unspecified atom stereocenters. The number of rotatable bonds is 4. The molecule has 0 amide bonds. The summed E-state index contributed by atoms with van der Waals surface area (Å²) in [7, 11) is 0. The molecule has 3 saturated heterocycles. The highest BCUT2D eigenvalue weighted by molar-refractivity contribution is 5.63. The number of ether oxygens (including phenoxy) is 2. The van der Waals surface area contributed by atoms with E-state index in [0.29, 0.717) is 43.1 Å². The summed E-state index contributed by atoms with van der Waals surface area (Å²) in [5.41, 5.74) is 9.71. The third-order valence-electron chi connectivity index (χ3n) is 9.28. The van der Waals surface area contributed by atoms with Gasteiger partial charge < -0.3 is 20.1 Å². The zero-order valence-corrected chi connectivity index (χ0v) is 21.4. The molecule has 2 N–H and O–H groups in total. The number of aromatic nitrogens is 2. The molecular weight excluding hydrogens is 490 g/mol. The van der Waals surface area contributed by atoms with E-state index >= 15 is 0 Å². The molecule has 3 atom stereocenters. The van der Waals surface area contributed by atoms with Gasteiger partial charge in [0.2, 0.25) is 0 Å². The van der Waals surface area contributed by atoms with Crippen LogP contribution in [0.15, 0.2) is 12.1 Å². The number of nitrogens with two attached hydrogens (primary N) is 1. The highest BCUT2D eigenvalue weighted by Gasteiger charge is 2.50. The van der Waals surface area contributed by atoms with Crippen LogP contribution < -0.4 is 15.4 Å². The van der Waals surface area contributed by atoms with Crippen LogP contribution in [0.4, 0.5) is 20.3 Å². The first-order valence-corrected chi connectivity index (χ1v) is 13.7. The fourth-order valence-electron chi connectivity index (χ4n) is 7.41. The van der Waals surface area contributed by atoms with Crippen molar-refractivity contribution in [1.82, 2.24) is 14.9 Å². The lowest BCUT2D eigenvalue weighted by molar-refractivity contribution is -0.0857. The lowest BCUT2D eigenvalue weighted by Gasteiger charge is -2.44. The molecule has 1 aromatic heterocycles. The van der Waals surface area contributed by atoms with Crippen molar-refractivity contribution in [3.63, 3.8) is 0 Å². The number of anilines is 2. The zero-order valence-electron chi connectivity index (χ0n) is 21.4. The number of fused-ring (bicyclic) bond motifs is 4. The molecule has 0 saturated carbocycles. The Kier molecular flexibility index (Phi) is 5.53. The number of alkyl halides is 2. The highest BCUT2D eigenvalue weighted by Crippen LogP contribution is 2.48. The van der Waals surface area contributed by atoms with Gasteiger partial charge in [0.1, 0.15) is 36.4 Å². The van der Waals surface area contributed by atoms with E-state index in [2.05, 4.69) is 11.0 Å².